The standard InChI is InChI=1S/C10H20O.2C2H6/c1-2-3-4-5-7-10(11)8-6-9-10;2*1-2/h11H,2-9H2,1H3;2*1-2H3. The fourth-order valence-corrected chi connectivity index (χ4v) is 1.72. The zero-order valence-electron chi connectivity index (χ0n) is 11.6. The van der Waals surface area contributed by atoms with E-state index in [-0.39, 0.29) is 5.60 Å². The smallest absolute Gasteiger partial charge is 0.0647 e. The molecule has 0 aromatic carbocycles. The molecule has 1 nitrogen and oxygen atoms in total. The van der Waals surface area contributed by atoms with Crippen molar-refractivity contribution in [2.24, 2.45) is 0 Å². The minimum atomic E-state index is -0.228. The molecule has 1 saturated carbocycles. The maximum absolute atomic E-state index is 9.71. The van der Waals surface area contributed by atoms with Crippen LogP contribution in [0.4, 0.5) is 0 Å². The highest BCUT2D eigenvalue weighted by molar-refractivity contribution is 4.86. The summed E-state index contributed by atoms with van der Waals surface area (Å²) in [7, 11) is 0. The predicted molar refractivity (Wildman–Crippen MR) is 70.3 cm³/mol. The Morgan fingerprint density at radius 3 is 1.80 bits per heavy atom. The summed E-state index contributed by atoms with van der Waals surface area (Å²) in [5.41, 5.74) is -0.228. The van der Waals surface area contributed by atoms with Gasteiger partial charge in [-0.05, 0) is 25.7 Å². The first-order valence-corrected chi connectivity index (χ1v) is 6.99. The minimum absolute atomic E-state index is 0.228. The summed E-state index contributed by atoms with van der Waals surface area (Å²) in [5, 5.41) is 9.71. The van der Waals surface area contributed by atoms with E-state index in [1.54, 1.807) is 0 Å². The molecular formula is C14H32O. The van der Waals surface area contributed by atoms with Crippen LogP contribution in [0, 0.1) is 0 Å². The molecule has 0 spiro atoms. The molecule has 0 radical (unpaired) electrons. The van der Waals surface area contributed by atoms with Crippen LogP contribution in [0.5, 0.6) is 0 Å². The minimum Gasteiger partial charge on any atom is -0.390 e. The highest BCUT2D eigenvalue weighted by atomic mass is 16.3. The van der Waals surface area contributed by atoms with Gasteiger partial charge in [0, 0.05) is 0 Å². The largest absolute Gasteiger partial charge is 0.390 e. The Bertz CT molecular complexity index is 106. The monoisotopic (exact) mass is 216 g/mol. The van der Waals surface area contributed by atoms with Gasteiger partial charge < -0.3 is 5.11 Å². The fourth-order valence-electron chi connectivity index (χ4n) is 1.72. The summed E-state index contributed by atoms with van der Waals surface area (Å²) in [6.45, 7) is 10.2. The van der Waals surface area contributed by atoms with Gasteiger partial charge in [-0.1, -0.05) is 60.3 Å². The van der Waals surface area contributed by atoms with Gasteiger partial charge in [0.1, 0.15) is 0 Å². The van der Waals surface area contributed by atoms with Crippen LogP contribution in [0.1, 0.15) is 86.0 Å². The lowest BCUT2D eigenvalue weighted by Crippen LogP contribution is -2.36. The zero-order valence-corrected chi connectivity index (χ0v) is 11.6. The summed E-state index contributed by atoms with van der Waals surface area (Å²) >= 11 is 0. The molecule has 1 aliphatic rings. The van der Waals surface area contributed by atoms with Gasteiger partial charge in [0.15, 0.2) is 0 Å². The van der Waals surface area contributed by atoms with E-state index in [0.717, 1.165) is 19.3 Å². The van der Waals surface area contributed by atoms with Crippen molar-refractivity contribution in [2.45, 2.75) is 91.6 Å². The summed E-state index contributed by atoms with van der Waals surface area (Å²) in [6.07, 6.45) is 9.55. The lowest BCUT2D eigenvalue weighted by Gasteiger charge is -2.36. The maximum atomic E-state index is 9.71. The Balaban J connectivity index is 0. The molecule has 0 bridgehead atoms. The van der Waals surface area contributed by atoms with Crippen LogP contribution in [-0.4, -0.2) is 10.7 Å². The number of aliphatic hydroxyl groups is 1. The first-order chi connectivity index (χ1) is 7.27. The van der Waals surface area contributed by atoms with Gasteiger partial charge in [-0.25, -0.2) is 0 Å². The average Bonchev–Trinajstić information content (AvgIpc) is 2.28. The second kappa shape index (κ2) is 12.0. The highest BCUT2D eigenvalue weighted by Gasteiger charge is 2.33. The summed E-state index contributed by atoms with van der Waals surface area (Å²) in [5.74, 6) is 0. The quantitative estimate of drug-likeness (QED) is 0.646. The maximum Gasteiger partial charge on any atom is 0.0647 e. The third kappa shape index (κ3) is 8.92. The van der Waals surface area contributed by atoms with Crippen molar-refractivity contribution in [2.75, 3.05) is 0 Å². The van der Waals surface area contributed by atoms with Crippen molar-refractivity contribution in [1.29, 1.82) is 0 Å². The molecule has 94 valence electrons. The summed E-state index contributed by atoms with van der Waals surface area (Å²) in [4.78, 5) is 0. The van der Waals surface area contributed by atoms with Gasteiger partial charge in [0.2, 0.25) is 0 Å². The lowest BCUT2D eigenvalue weighted by atomic mass is 9.77. The molecule has 0 atom stereocenters. The second-order valence-corrected chi connectivity index (χ2v) is 3.89. The van der Waals surface area contributed by atoms with Crippen molar-refractivity contribution in [3.8, 4) is 0 Å². The van der Waals surface area contributed by atoms with Crippen LogP contribution in [-0.2, 0) is 0 Å². The molecule has 1 aliphatic carbocycles. The van der Waals surface area contributed by atoms with Gasteiger partial charge in [0.25, 0.3) is 0 Å². The molecule has 1 heteroatoms. The van der Waals surface area contributed by atoms with Gasteiger partial charge >= 0.3 is 0 Å². The van der Waals surface area contributed by atoms with E-state index in [1.807, 2.05) is 27.7 Å². The average molecular weight is 216 g/mol. The number of hydrogen-bond donors (Lipinski definition) is 1. The van der Waals surface area contributed by atoms with E-state index in [2.05, 4.69) is 6.92 Å². The number of rotatable bonds is 5. The van der Waals surface area contributed by atoms with Gasteiger partial charge in [-0.3, -0.25) is 0 Å². The van der Waals surface area contributed by atoms with E-state index in [0.29, 0.717) is 0 Å². The normalized spacial score (nSPS) is 16.4. The molecule has 1 N–H and O–H groups in total. The molecule has 0 aromatic heterocycles. The number of hydrogen-bond acceptors (Lipinski definition) is 1. The molecular weight excluding hydrogens is 184 g/mol. The first-order valence-electron chi connectivity index (χ1n) is 6.99. The van der Waals surface area contributed by atoms with E-state index in [1.165, 1.54) is 32.1 Å². The fraction of sp³-hybridized carbons (Fsp3) is 1.00. The van der Waals surface area contributed by atoms with Crippen LogP contribution in [0.25, 0.3) is 0 Å². The van der Waals surface area contributed by atoms with Gasteiger partial charge in [-0.2, -0.15) is 0 Å². The molecule has 0 aliphatic heterocycles. The zero-order chi connectivity index (χ0) is 12.2. The van der Waals surface area contributed by atoms with E-state index >= 15 is 0 Å². The Kier molecular flexibility index (Phi) is 13.9. The van der Waals surface area contributed by atoms with Crippen LogP contribution < -0.4 is 0 Å². The molecule has 0 aromatic rings. The Labute approximate surface area is 97.3 Å². The van der Waals surface area contributed by atoms with E-state index in [4.69, 9.17) is 0 Å². The molecule has 0 unspecified atom stereocenters. The summed E-state index contributed by atoms with van der Waals surface area (Å²) < 4.78 is 0. The van der Waals surface area contributed by atoms with E-state index in [9.17, 15) is 5.11 Å². The predicted octanol–water partition coefficient (Wildman–Crippen LogP) is 4.92. The van der Waals surface area contributed by atoms with Crippen LogP contribution in [0.3, 0.4) is 0 Å². The highest BCUT2D eigenvalue weighted by Crippen LogP contribution is 2.35. The van der Waals surface area contributed by atoms with Crippen molar-refractivity contribution >= 4 is 0 Å². The molecule has 0 amide bonds. The SMILES string of the molecule is CC.CC.CCCCCCC1(O)CCC1. The summed E-state index contributed by atoms with van der Waals surface area (Å²) in [6, 6.07) is 0. The van der Waals surface area contributed by atoms with Gasteiger partial charge in [-0.15, -0.1) is 0 Å². The molecule has 15 heavy (non-hydrogen) atoms. The van der Waals surface area contributed by atoms with Crippen molar-refractivity contribution in [3.05, 3.63) is 0 Å². The molecule has 1 rings (SSSR count). The van der Waals surface area contributed by atoms with Crippen molar-refractivity contribution < 1.29 is 5.11 Å². The first kappa shape index (κ1) is 17.4. The van der Waals surface area contributed by atoms with Crippen LogP contribution in [0.2, 0.25) is 0 Å². The molecule has 1 fully saturated rings. The third-order valence-corrected chi connectivity index (χ3v) is 2.78. The lowest BCUT2D eigenvalue weighted by molar-refractivity contribution is -0.0419. The van der Waals surface area contributed by atoms with Gasteiger partial charge in [0.05, 0.1) is 5.60 Å². The molecule has 0 heterocycles. The van der Waals surface area contributed by atoms with E-state index < -0.39 is 0 Å². The van der Waals surface area contributed by atoms with Crippen molar-refractivity contribution in [3.63, 3.8) is 0 Å². The Morgan fingerprint density at radius 2 is 1.47 bits per heavy atom. The molecule has 0 saturated heterocycles. The van der Waals surface area contributed by atoms with Crippen LogP contribution >= 0.6 is 0 Å². The van der Waals surface area contributed by atoms with Crippen LogP contribution in [0.15, 0.2) is 0 Å². The topological polar surface area (TPSA) is 20.2 Å². The van der Waals surface area contributed by atoms with Crippen molar-refractivity contribution in [1.82, 2.24) is 0 Å². The second-order valence-electron chi connectivity index (χ2n) is 3.89. The Morgan fingerprint density at radius 1 is 0.933 bits per heavy atom. The Hall–Kier alpha value is -0.0400. The third-order valence-electron chi connectivity index (χ3n) is 2.78. The number of unbranched alkanes of at least 4 members (excludes halogenated alkanes) is 3.